The number of sulfonamides is 1. The molecule has 1 saturated heterocycles. The van der Waals surface area contributed by atoms with E-state index in [0.29, 0.717) is 0 Å². The van der Waals surface area contributed by atoms with Gasteiger partial charge in [0.15, 0.2) is 0 Å². The van der Waals surface area contributed by atoms with Gasteiger partial charge in [-0.15, -0.1) is 0 Å². The van der Waals surface area contributed by atoms with Crippen LogP contribution in [0.4, 0.5) is 10.1 Å². The van der Waals surface area contributed by atoms with Crippen molar-refractivity contribution >= 4 is 15.7 Å². The molecule has 2 aromatic rings. The van der Waals surface area contributed by atoms with E-state index in [1.54, 1.807) is 0 Å². The van der Waals surface area contributed by atoms with Gasteiger partial charge in [-0.2, -0.15) is 0 Å². The Kier molecular flexibility index (Phi) is 3.85. The molecular formula is C19H21FN2O2S. The van der Waals surface area contributed by atoms with Crippen molar-refractivity contribution in [3.63, 3.8) is 0 Å². The molecule has 2 aliphatic rings. The smallest absolute Gasteiger partial charge is 0.264 e. The highest BCUT2D eigenvalue weighted by Gasteiger charge is 2.46. The lowest BCUT2D eigenvalue weighted by atomic mass is 9.89. The second kappa shape index (κ2) is 5.81. The summed E-state index contributed by atoms with van der Waals surface area (Å²) in [7, 11) is -1.74. The van der Waals surface area contributed by atoms with Crippen molar-refractivity contribution in [1.82, 2.24) is 4.90 Å². The van der Waals surface area contributed by atoms with Crippen molar-refractivity contribution in [3.05, 3.63) is 59.4 Å². The van der Waals surface area contributed by atoms with E-state index in [4.69, 9.17) is 0 Å². The molecule has 4 nitrogen and oxygen atoms in total. The maximum Gasteiger partial charge on any atom is 0.264 e. The van der Waals surface area contributed by atoms with Gasteiger partial charge >= 0.3 is 0 Å². The molecule has 2 unspecified atom stereocenters. The van der Waals surface area contributed by atoms with E-state index in [-0.39, 0.29) is 16.9 Å². The van der Waals surface area contributed by atoms with Crippen molar-refractivity contribution in [2.75, 3.05) is 24.4 Å². The van der Waals surface area contributed by atoms with Crippen molar-refractivity contribution in [3.8, 4) is 0 Å². The lowest BCUT2D eigenvalue weighted by molar-refractivity contribution is 0.237. The van der Waals surface area contributed by atoms with Crippen LogP contribution in [0.3, 0.4) is 0 Å². The number of piperidine rings is 1. The predicted molar refractivity (Wildman–Crippen MR) is 95.9 cm³/mol. The van der Waals surface area contributed by atoms with E-state index >= 15 is 0 Å². The molecular weight excluding hydrogens is 339 g/mol. The fourth-order valence-electron chi connectivity index (χ4n) is 4.09. The number of benzene rings is 2. The molecule has 0 radical (unpaired) electrons. The molecule has 0 N–H and O–H groups in total. The molecule has 2 aromatic carbocycles. The number of halogens is 1. The van der Waals surface area contributed by atoms with Crippen LogP contribution in [0.5, 0.6) is 0 Å². The molecule has 0 spiro atoms. The Bertz CT molecular complexity index is 929. The van der Waals surface area contributed by atoms with Gasteiger partial charge in [-0.3, -0.25) is 4.31 Å². The number of rotatable bonds is 2. The number of anilines is 1. The minimum Gasteiger partial charge on any atom is -0.306 e. The molecule has 0 saturated carbocycles. The first kappa shape index (κ1) is 16.5. The molecule has 0 aliphatic carbocycles. The molecule has 0 aromatic heterocycles. The van der Waals surface area contributed by atoms with Crippen molar-refractivity contribution in [2.45, 2.75) is 30.2 Å². The van der Waals surface area contributed by atoms with Crippen LogP contribution in [0.1, 0.15) is 23.5 Å². The highest BCUT2D eigenvalue weighted by Crippen LogP contribution is 2.47. The molecule has 0 amide bonds. The normalized spacial score (nSPS) is 23.4. The Morgan fingerprint density at radius 2 is 1.96 bits per heavy atom. The van der Waals surface area contributed by atoms with Gasteiger partial charge in [-0.25, -0.2) is 12.8 Å². The summed E-state index contributed by atoms with van der Waals surface area (Å²) in [5.41, 5.74) is 2.94. The first-order valence-electron chi connectivity index (χ1n) is 8.47. The number of hydrogen-bond donors (Lipinski definition) is 0. The fraction of sp³-hybridized carbons (Fsp3) is 0.368. The zero-order valence-corrected chi connectivity index (χ0v) is 15.1. The van der Waals surface area contributed by atoms with E-state index in [1.165, 1.54) is 22.5 Å². The van der Waals surface area contributed by atoms with Gasteiger partial charge in [0, 0.05) is 12.5 Å². The third kappa shape index (κ3) is 2.64. The lowest BCUT2D eigenvalue weighted by Gasteiger charge is -2.36. The Labute approximate surface area is 147 Å². The summed E-state index contributed by atoms with van der Waals surface area (Å²) in [6, 6.07) is 11.1. The first-order valence-corrected chi connectivity index (χ1v) is 9.91. The summed E-state index contributed by atoms with van der Waals surface area (Å²) in [5.74, 6) is -0.388. The minimum absolute atomic E-state index is 0.0126. The third-order valence-corrected chi connectivity index (χ3v) is 7.09. The maximum absolute atomic E-state index is 13.6. The monoisotopic (exact) mass is 360 g/mol. The summed E-state index contributed by atoms with van der Waals surface area (Å²) in [4.78, 5) is 2.25. The molecule has 2 heterocycles. The topological polar surface area (TPSA) is 40.6 Å². The van der Waals surface area contributed by atoms with Crippen molar-refractivity contribution < 1.29 is 12.8 Å². The summed E-state index contributed by atoms with van der Waals surface area (Å²) >= 11 is 0. The predicted octanol–water partition coefficient (Wildman–Crippen LogP) is 3.13. The summed E-state index contributed by atoms with van der Waals surface area (Å²) < 4.78 is 41.8. The lowest BCUT2D eigenvalue weighted by Crippen LogP contribution is -2.47. The van der Waals surface area contributed by atoms with E-state index in [9.17, 15) is 12.8 Å². The van der Waals surface area contributed by atoms with Gasteiger partial charge in [0.25, 0.3) is 10.0 Å². The maximum atomic E-state index is 13.6. The van der Waals surface area contributed by atoms with Crippen LogP contribution in [-0.4, -0.2) is 39.5 Å². The molecule has 2 aliphatic heterocycles. The van der Waals surface area contributed by atoms with Crippen LogP contribution in [0.15, 0.2) is 47.4 Å². The second-order valence-corrected chi connectivity index (χ2v) is 8.86. The van der Waals surface area contributed by atoms with E-state index in [0.717, 1.165) is 42.4 Å². The van der Waals surface area contributed by atoms with Crippen molar-refractivity contribution in [2.24, 2.45) is 0 Å². The zero-order valence-electron chi connectivity index (χ0n) is 14.3. The van der Waals surface area contributed by atoms with Crippen LogP contribution in [0, 0.1) is 12.7 Å². The Balaban J connectivity index is 1.87. The minimum atomic E-state index is -3.80. The number of nitrogens with zero attached hydrogens (tertiary/aromatic N) is 2. The summed E-state index contributed by atoms with van der Waals surface area (Å²) in [6.07, 6.45) is 0.767. The summed E-state index contributed by atoms with van der Waals surface area (Å²) in [5, 5.41) is 0. The molecule has 1 fully saturated rings. The average molecular weight is 360 g/mol. The molecule has 4 rings (SSSR count). The zero-order chi connectivity index (χ0) is 17.8. The SMILES string of the molecule is Cc1ccc2c(c1)C1CN(C)CCC1N2S(=O)(=O)c1cccc(F)c1. The Morgan fingerprint density at radius 1 is 1.16 bits per heavy atom. The number of hydrogen-bond acceptors (Lipinski definition) is 3. The van der Waals surface area contributed by atoms with Gasteiger partial charge in [0.05, 0.1) is 16.6 Å². The van der Waals surface area contributed by atoms with Gasteiger partial charge < -0.3 is 4.90 Å². The van der Waals surface area contributed by atoms with Gasteiger partial charge in [-0.05, 0) is 56.8 Å². The fourth-order valence-corrected chi connectivity index (χ4v) is 5.86. The number of aryl methyl sites for hydroxylation is 1. The van der Waals surface area contributed by atoms with Gasteiger partial charge in [0.1, 0.15) is 5.82 Å². The highest BCUT2D eigenvalue weighted by molar-refractivity contribution is 7.92. The Morgan fingerprint density at radius 3 is 2.72 bits per heavy atom. The Hall–Kier alpha value is -1.92. The highest BCUT2D eigenvalue weighted by atomic mass is 32.2. The van der Waals surface area contributed by atoms with Crippen LogP contribution < -0.4 is 4.31 Å². The molecule has 2 atom stereocenters. The van der Waals surface area contributed by atoms with Crippen LogP contribution in [0.25, 0.3) is 0 Å². The van der Waals surface area contributed by atoms with Gasteiger partial charge in [-0.1, -0.05) is 23.8 Å². The average Bonchev–Trinajstić information content (AvgIpc) is 2.88. The third-order valence-electron chi connectivity index (χ3n) is 5.25. The van der Waals surface area contributed by atoms with Crippen molar-refractivity contribution in [1.29, 1.82) is 0 Å². The van der Waals surface area contributed by atoms with Crippen LogP contribution >= 0.6 is 0 Å². The standard InChI is InChI=1S/C19H21FN2O2S/c1-13-6-7-18-16(10-13)17-12-21(2)9-8-19(17)22(18)25(23,24)15-5-3-4-14(20)11-15/h3-7,10-11,17,19H,8-9,12H2,1-2H3. The van der Waals surface area contributed by atoms with Crippen LogP contribution in [0.2, 0.25) is 0 Å². The van der Waals surface area contributed by atoms with E-state index in [1.807, 2.05) is 19.1 Å². The van der Waals surface area contributed by atoms with E-state index in [2.05, 4.69) is 18.0 Å². The van der Waals surface area contributed by atoms with Crippen LogP contribution in [-0.2, 0) is 10.0 Å². The van der Waals surface area contributed by atoms with E-state index < -0.39 is 15.8 Å². The number of fused-ring (bicyclic) bond motifs is 3. The summed E-state index contributed by atoms with van der Waals surface area (Å²) in [6.45, 7) is 3.70. The first-order chi connectivity index (χ1) is 11.9. The molecule has 132 valence electrons. The number of likely N-dealkylation sites (N-methyl/N-ethyl adjacent to an activating group) is 1. The largest absolute Gasteiger partial charge is 0.306 e. The molecule has 25 heavy (non-hydrogen) atoms. The molecule has 6 heteroatoms. The number of likely N-dealkylation sites (tertiary alicyclic amines) is 1. The second-order valence-electron chi connectivity index (χ2n) is 7.05. The van der Waals surface area contributed by atoms with Gasteiger partial charge in [0.2, 0.25) is 0 Å². The quantitative estimate of drug-likeness (QED) is 0.826. The molecule has 0 bridgehead atoms.